The lowest BCUT2D eigenvalue weighted by Gasteiger charge is -2.06. The minimum Gasteiger partial charge on any atom is -0.503 e. The molecule has 72 valence electrons. The minimum absolute atomic E-state index is 0.0474. The Kier molecular flexibility index (Phi) is 3.23. The number of hydrogen-bond donors (Lipinski definition) is 1. The minimum atomic E-state index is -2.64. The molecule has 0 aliphatic carbocycles. The average molecular weight is 301 g/mol. The molecule has 1 heterocycles. The highest BCUT2D eigenvalue weighted by atomic mass is 127. The lowest BCUT2D eigenvalue weighted by atomic mass is 10.3. The van der Waals surface area contributed by atoms with Gasteiger partial charge in [0.15, 0.2) is 5.75 Å². The maximum atomic E-state index is 12.2. The van der Waals surface area contributed by atoms with E-state index >= 15 is 0 Å². The van der Waals surface area contributed by atoms with E-state index in [4.69, 9.17) is 5.11 Å². The van der Waals surface area contributed by atoms with Gasteiger partial charge in [0, 0.05) is 0 Å². The molecular weight excluding hydrogens is 295 g/mol. The first kappa shape index (κ1) is 10.4. The van der Waals surface area contributed by atoms with Crippen molar-refractivity contribution in [1.29, 1.82) is 0 Å². The number of nitrogens with zero attached hydrogens (tertiary/aromatic N) is 1. The van der Waals surface area contributed by atoms with Crippen LogP contribution in [0.4, 0.5) is 8.78 Å². The fourth-order valence-electron chi connectivity index (χ4n) is 0.783. The maximum absolute atomic E-state index is 12.2. The van der Waals surface area contributed by atoms with Crippen LogP contribution in [-0.2, 0) is 0 Å². The second kappa shape index (κ2) is 4.03. The first-order valence-corrected chi connectivity index (χ1v) is 4.35. The first-order chi connectivity index (χ1) is 6.06. The van der Waals surface area contributed by atoms with E-state index in [0.717, 1.165) is 6.07 Å². The molecule has 0 radical (unpaired) electrons. The number of methoxy groups -OCH3 is 1. The fourth-order valence-corrected chi connectivity index (χ4v) is 1.39. The van der Waals surface area contributed by atoms with Crippen LogP contribution < -0.4 is 4.74 Å². The van der Waals surface area contributed by atoms with Crippen molar-refractivity contribution in [2.45, 2.75) is 6.43 Å². The summed E-state index contributed by atoms with van der Waals surface area (Å²) in [6.45, 7) is 0. The van der Waals surface area contributed by atoms with Gasteiger partial charge in [-0.15, -0.1) is 0 Å². The number of aromatic hydroxyl groups is 1. The molecule has 0 aliphatic rings. The largest absolute Gasteiger partial charge is 0.503 e. The summed E-state index contributed by atoms with van der Waals surface area (Å²) in [7, 11) is 1.31. The summed E-state index contributed by atoms with van der Waals surface area (Å²) in [5.41, 5.74) is -0.293. The van der Waals surface area contributed by atoms with Crippen molar-refractivity contribution in [3.8, 4) is 11.6 Å². The Balaban J connectivity index is 3.20. The molecule has 0 atom stereocenters. The molecule has 0 amide bonds. The van der Waals surface area contributed by atoms with Gasteiger partial charge in [0.1, 0.15) is 3.70 Å². The standard InChI is InChI=1S/C7H6F2INO2/c1-13-7-4(12)2-3(5(8)9)6(10)11-7/h2,5,12H,1H3. The number of rotatable bonds is 2. The van der Waals surface area contributed by atoms with Crippen LogP contribution in [0.25, 0.3) is 0 Å². The quantitative estimate of drug-likeness (QED) is 0.673. The zero-order valence-electron chi connectivity index (χ0n) is 6.59. The number of aromatic nitrogens is 1. The monoisotopic (exact) mass is 301 g/mol. The molecular formula is C7H6F2INO2. The van der Waals surface area contributed by atoms with Gasteiger partial charge in [-0.2, -0.15) is 0 Å². The highest BCUT2D eigenvalue weighted by Crippen LogP contribution is 2.31. The maximum Gasteiger partial charge on any atom is 0.266 e. The summed E-state index contributed by atoms with van der Waals surface area (Å²) in [6, 6.07) is 0.957. The normalized spacial score (nSPS) is 10.5. The third kappa shape index (κ3) is 2.17. The van der Waals surface area contributed by atoms with Crippen molar-refractivity contribution >= 4 is 22.6 Å². The Hall–Kier alpha value is -0.660. The zero-order chi connectivity index (χ0) is 10.0. The van der Waals surface area contributed by atoms with E-state index in [9.17, 15) is 8.78 Å². The van der Waals surface area contributed by atoms with Crippen molar-refractivity contribution in [3.05, 3.63) is 15.3 Å². The molecule has 0 unspecified atom stereocenters. The molecule has 1 aromatic rings. The summed E-state index contributed by atoms with van der Waals surface area (Å²) in [6.07, 6.45) is -2.64. The van der Waals surface area contributed by atoms with Gasteiger partial charge in [-0.25, -0.2) is 13.8 Å². The highest BCUT2D eigenvalue weighted by molar-refractivity contribution is 14.1. The predicted octanol–water partition coefficient (Wildman–Crippen LogP) is 2.34. The third-order valence-electron chi connectivity index (χ3n) is 1.38. The van der Waals surface area contributed by atoms with Crippen LogP contribution in [0, 0.1) is 3.70 Å². The molecule has 0 aliphatic heterocycles. The Labute approximate surface area is 86.9 Å². The van der Waals surface area contributed by atoms with E-state index < -0.39 is 6.43 Å². The summed E-state index contributed by atoms with van der Waals surface area (Å²) in [5, 5.41) is 9.14. The smallest absolute Gasteiger partial charge is 0.266 e. The molecule has 6 heteroatoms. The number of hydrogen-bond acceptors (Lipinski definition) is 3. The lowest BCUT2D eigenvalue weighted by Crippen LogP contribution is -1.96. The number of ether oxygens (including phenoxy) is 1. The van der Waals surface area contributed by atoms with Crippen LogP contribution in [0.5, 0.6) is 11.6 Å². The summed E-state index contributed by atoms with van der Waals surface area (Å²) < 4.78 is 29.3. The average Bonchev–Trinajstić information content (AvgIpc) is 2.07. The van der Waals surface area contributed by atoms with Gasteiger partial charge < -0.3 is 9.84 Å². The van der Waals surface area contributed by atoms with Crippen molar-refractivity contribution in [2.75, 3.05) is 7.11 Å². The molecule has 0 saturated carbocycles. The molecule has 1 rings (SSSR count). The number of alkyl halides is 2. The molecule has 13 heavy (non-hydrogen) atoms. The highest BCUT2D eigenvalue weighted by Gasteiger charge is 2.16. The van der Waals surface area contributed by atoms with Gasteiger partial charge in [-0.1, -0.05) is 0 Å². The molecule has 0 bridgehead atoms. The van der Waals surface area contributed by atoms with Gasteiger partial charge >= 0.3 is 0 Å². The van der Waals surface area contributed by atoms with Crippen LogP contribution in [-0.4, -0.2) is 17.2 Å². The SMILES string of the molecule is COc1nc(I)c(C(F)F)cc1O. The second-order valence-corrected chi connectivity index (χ2v) is 3.22. The lowest BCUT2D eigenvalue weighted by molar-refractivity contribution is 0.149. The van der Waals surface area contributed by atoms with Crippen LogP contribution in [0.3, 0.4) is 0 Å². The molecule has 0 spiro atoms. The van der Waals surface area contributed by atoms with E-state index in [0.29, 0.717) is 0 Å². The van der Waals surface area contributed by atoms with E-state index in [2.05, 4.69) is 9.72 Å². The topological polar surface area (TPSA) is 42.4 Å². The van der Waals surface area contributed by atoms with E-state index in [1.54, 1.807) is 22.6 Å². The first-order valence-electron chi connectivity index (χ1n) is 3.27. The van der Waals surface area contributed by atoms with Crippen molar-refractivity contribution < 1.29 is 18.6 Å². The summed E-state index contributed by atoms with van der Waals surface area (Å²) in [4.78, 5) is 3.65. The van der Waals surface area contributed by atoms with Crippen LogP contribution in [0.1, 0.15) is 12.0 Å². The molecule has 3 nitrogen and oxygen atoms in total. The third-order valence-corrected chi connectivity index (χ3v) is 2.24. The molecule has 0 saturated heterocycles. The van der Waals surface area contributed by atoms with Gasteiger partial charge in [-0.05, 0) is 28.7 Å². The van der Waals surface area contributed by atoms with Crippen LogP contribution in [0.2, 0.25) is 0 Å². The Morgan fingerprint density at radius 1 is 1.62 bits per heavy atom. The van der Waals surface area contributed by atoms with E-state index in [-0.39, 0.29) is 20.9 Å². The number of halogens is 3. The summed E-state index contributed by atoms with van der Waals surface area (Å²) >= 11 is 1.66. The molecule has 0 fully saturated rings. The zero-order valence-corrected chi connectivity index (χ0v) is 8.75. The predicted molar refractivity (Wildman–Crippen MR) is 50.1 cm³/mol. The van der Waals surface area contributed by atoms with Crippen LogP contribution >= 0.6 is 22.6 Å². The Morgan fingerprint density at radius 2 is 2.23 bits per heavy atom. The Morgan fingerprint density at radius 3 is 2.69 bits per heavy atom. The molecule has 1 N–H and O–H groups in total. The van der Waals surface area contributed by atoms with Gasteiger partial charge in [-0.3, -0.25) is 0 Å². The summed E-state index contributed by atoms with van der Waals surface area (Å²) in [5.74, 6) is -0.424. The fraction of sp³-hybridized carbons (Fsp3) is 0.286. The van der Waals surface area contributed by atoms with Crippen molar-refractivity contribution in [3.63, 3.8) is 0 Å². The molecule has 0 aromatic carbocycles. The Bertz CT molecular complexity index is 320. The van der Waals surface area contributed by atoms with E-state index in [1.165, 1.54) is 7.11 Å². The van der Waals surface area contributed by atoms with Gasteiger partial charge in [0.05, 0.1) is 12.7 Å². The van der Waals surface area contributed by atoms with Crippen LogP contribution in [0.15, 0.2) is 6.07 Å². The molecule has 1 aromatic heterocycles. The van der Waals surface area contributed by atoms with Gasteiger partial charge in [0.25, 0.3) is 12.3 Å². The van der Waals surface area contributed by atoms with Crippen molar-refractivity contribution in [1.82, 2.24) is 4.98 Å². The number of pyridine rings is 1. The second-order valence-electron chi connectivity index (χ2n) is 2.20. The van der Waals surface area contributed by atoms with E-state index in [1.807, 2.05) is 0 Å². The van der Waals surface area contributed by atoms with Crippen molar-refractivity contribution in [2.24, 2.45) is 0 Å². The van der Waals surface area contributed by atoms with Gasteiger partial charge in [0.2, 0.25) is 0 Å².